The molecular formula is C9H19NO2S. The van der Waals surface area contributed by atoms with E-state index < -0.39 is 12.0 Å². The monoisotopic (exact) mass is 205 g/mol. The van der Waals surface area contributed by atoms with Gasteiger partial charge in [0.05, 0.1) is 0 Å². The minimum atomic E-state index is -0.861. The summed E-state index contributed by atoms with van der Waals surface area (Å²) in [6, 6.07) is -0.645. The van der Waals surface area contributed by atoms with E-state index in [1.54, 1.807) is 0 Å². The van der Waals surface area contributed by atoms with Gasteiger partial charge in [0, 0.05) is 0 Å². The smallest absolute Gasteiger partial charge is 0.320 e. The largest absolute Gasteiger partial charge is 0.480 e. The predicted octanol–water partition coefficient (Wildman–Crippen LogP) is 1.48. The second-order valence-electron chi connectivity index (χ2n) is 3.68. The molecule has 3 N–H and O–H groups in total. The summed E-state index contributed by atoms with van der Waals surface area (Å²) in [5, 5.41) is 8.59. The van der Waals surface area contributed by atoms with Gasteiger partial charge in [-0.05, 0) is 12.3 Å². The fourth-order valence-electron chi connectivity index (χ4n) is 1.88. The molecule has 0 radical (unpaired) electrons. The molecule has 3 nitrogen and oxygen atoms in total. The third kappa shape index (κ3) is 4.52. The van der Waals surface area contributed by atoms with Crippen molar-refractivity contribution >= 4 is 19.5 Å². The van der Waals surface area contributed by atoms with Gasteiger partial charge in [0.2, 0.25) is 0 Å². The topological polar surface area (TPSA) is 63.3 Å². The summed E-state index contributed by atoms with van der Waals surface area (Å²) in [6.07, 6.45) is 6.80. The molecule has 0 amide bonds. The lowest BCUT2D eigenvalue weighted by molar-refractivity contribution is -0.139. The van der Waals surface area contributed by atoms with Crippen molar-refractivity contribution in [2.24, 2.45) is 11.7 Å². The van der Waals surface area contributed by atoms with Crippen LogP contribution in [0.5, 0.6) is 0 Å². The van der Waals surface area contributed by atoms with E-state index in [1.807, 2.05) is 0 Å². The second kappa shape index (κ2) is 6.27. The molecule has 0 spiro atoms. The average Bonchev–Trinajstić information content (AvgIpc) is 2.06. The summed E-state index contributed by atoms with van der Waals surface area (Å²) in [5.41, 5.74) is 5.45. The molecule has 1 atom stereocenters. The van der Waals surface area contributed by atoms with Crippen molar-refractivity contribution in [2.45, 2.75) is 44.6 Å². The third-order valence-corrected chi connectivity index (χ3v) is 2.63. The molecule has 0 heterocycles. The highest BCUT2D eigenvalue weighted by Crippen LogP contribution is 2.26. The maximum atomic E-state index is 10.4. The average molecular weight is 205 g/mol. The van der Waals surface area contributed by atoms with Crippen LogP contribution < -0.4 is 5.73 Å². The molecule has 0 aromatic carbocycles. The van der Waals surface area contributed by atoms with E-state index in [-0.39, 0.29) is 13.5 Å². The van der Waals surface area contributed by atoms with Crippen molar-refractivity contribution in [3.63, 3.8) is 0 Å². The standard InChI is InChI=1S/C9H17NO2.H2S/c10-8(9(11)12)6-7-4-2-1-3-5-7;/h7-8H,1-6,10H2,(H,11,12);1H2/t8-;/m0./s1. The zero-order chi connectivity index (χ0) is 8.97. The first-order valence-corrected chi connectivity index (χ1v) is 4.68. The molecule has 0 unspecified atom stereocenters. The molecule has 1 fully saturated rings. The lowest BCUT2D eigenvalue weighted by Gasteiger charge is -2.22. The van der Waals surface area contributed by atoms with E-state index in [9.17, 15) is 4.79 Å². The van der Waals surface area contributed by atoms with Crippen LogP contribution >= 0.6 is 13.5 Å². The first kappa shape index (κ1) is 12.8. The summed E-state index contributed by atoms with van der Waals surface area (Å²) in [7, 11) is 0. The van der Waals surface area contributed by atoms with E-state index in [4.69, 9.17) is 10.8 Å². The highest BCUT2D eigenvalue weighted by molar-refractivity contribution is 7.59. The molecular weight excluding hydrogens is 186 g/mol. The summed E-state index contributed by atoms with van der Waals surface area (Å²) in [6.45, 7) is 0. The van der Waals surface area contributed by atoms with Crippen LogP contribution in [0.3, 0.4) is 0 Å². The van der Waals surface area contributed by atoms with Gasteiger partial charge < -0.3 is 10.8 Å². The quantitative estimate of drug-likeness (QED) is 0.733. The predicted molar refractivity (Wildman–Crippen MR) is 57.2 cm³/mol. The van der Waals surface area contributed by atoms with E-state index in [0.29, 0.717) is 12.3 Å². The van der Waals surface area contributed by atoms with Crippen LogP contribution in [-0.4, -0.2) is 17.1 Å². The molecule has 78 valence electrons. The maximum Gasteiger partial charge on any atom is 0.320 e. The number of carbonyl (C=O) groups is 1. The molecule has 0 aromatic heterocycles. The van der Waals surface area contributed by atoms with Crippen LogP contribution in [0.25, 0.3) is 0 Å². The Morgan fingerprint density at radius 1 is 1.38 bits per heavy atom. The normalized spacial score (nSPS) is 20.4. The zero-order valence-electron chi connectivity index (χ0n) is 7.83. The van der Waals surface area contributed by atoms with Crippen LogP contribution in [-0.2, 0) is 4.79 Å². The van der Waals surface area contributed by atoms with Crippen molar-refractivity contribution in [3.8, 4) is 0 Å². The fourth-order valence-corrected chi connectivity index (χ4v) is 1.88. The highest BCUT2D eigenvalue weighted by atomic mass is 32.1. The zero-order valence-corrected chi connectivity index (χ0v) is 8.83. The number of carboxylic acids is 1. The van der Waals surface area contributed by atoms with Crippen LogP contribution in [0.15, 0.2) is 0 Å². The van der Waals surface area contributed by atoms with Gasteiger partial charge in [0.15, 0.2) is 0 Å². The van der Waals surface area contributed by atoms with E-state index in [1.165, 1.54) is 32.1 Å². The Morgan fingerprint density at radius 3 is 2.38 bits per heavy atom. The second-order valence-corrected chi connectivity index (χ2v) is 3.68. The van der Waals surface area contributed by atoms with E-state index in [2.05, 4.69) is 0 Å². The van der Waals surface area contributed by atoms with Gasteiger partial charge >= 0.3 is 5.97 Å². The first-order valence-electron chi connectivity index (χ1n) is 4.68. The lowest BCUT2D eigenvalue weighted by atomic mass is 9.85. The van der Waals surface area contributed by atoms with Crippen molar-refractivity contribution in [2.75, 3.05) is 0 Å². The number of hydrogen-bond donors (Lipinski definition) is 2. The van der Waals surface area contributed by atoms with Crippen molar-refractivity contribution in [3.05, 3.63) is 0 Å². The summed E-state index contributed by atoms with van der Waals surface area (Å²) in [5.74, 6) is -0.301. The molecule has 1 saturated carbocycles. The molecule has 0 bridgehead atoms. The Hall–Kier alpha value is -0.220. The van der Waals surface area contributed by atoms with Crippen LogP contribution in [0, 0.1) is 5.92 Å². The minimum absolute atomic E-state index is 0. The van der Waals surface area contributed by atoms with Gasteiger partial charge in [0.25, 0.3) is 0 Å². The summed E-state index contributed by atoms with van der Waals surface area (Å²) < 4.78 is 0. The van der Waals surface area contributed by atoms with Gasteiger partial charge in [-0.2, -0.15) is 13.5 Å². The molecule has 0 aromatic rings. The third-order valence-electron chi connectivity index (χ3n) is 2.63. The Bertz CT molecular complexity index is 158. The summed E-state index contributed by atoms with van der Waals surface area (Å²) >= 11 is 0. The van der Waals surface area contributed by atoms with E-state index in [0.717, 1.165) is 0 Å². The van der Waals surface area contributed by atoms with Gasteiger partial charge in [-0.25, -0.2) is 0 Å². The lowest BCUT2D eigenvalue weighted by Crippen LogP contribution is -2.32. The number of rotatable bonds is 3. The highest BCUT2D eigenvalue weighted by Gasteiger charge is 2.20. The van der Waals surface area contributed by atoms with Gasteiger partial charge in [-0.3, -0.25) is 4.79 Å². The molecule has 4 heteroatoms. The number of nitrogens with two attached hydrogens (primary N) is 1. The molecule has 0 aliphatic heterocycles. The van der Waals surface area contributed by atoms with Gasteiger partial charge in [-0.15, -0.1) is 0 Å². The SMILES string of the molecule is N[C@@H](CC1CCCCC1)C(=O)O.S. The summed E-state index contributed by atoms with van der Waals surface area (Å²) in [4.78, 5) is 10.4. The number of hydrogen-bond acceptors (Lipinski definition) is 2. The first-order chi connectivity index (χ1) is 5.70. The van der Waals surface area contributed by atoms with Crippen LogP contribution in [0.1, 0.15) is 38.5 Å². The molecule has 1 aliphatic rings. The number of carboxylic acid groups (broad SMARTS) is 1. The molecule has 13 heavy (non-hydrogen) atoms. The van der Waals surface area contributed by atoms with Crippen LogP contribution in [0.4, 0.5) is 0 Å². The Morgan fingerprint density at radius 2 is 1.92 bits per heavy atom. The number of aliphatic carboxylic acids is 1. The van der Waals surface area contributed by atoms with Crippen molar-refractivity contribution < 1.29 is 9.90 Å². The Kier molecular flexibility index (Phi) is 6.16. The van der Waals surface area contributed by atoms with Crippen LogP contribution in [0.2, 0.25) is 0 Å². The van der Waals surface area contributed by atoms with E-state index >= 15 is 0 Å². The van der Waals surface area contributed by atoms with Gasteiger partial charge in [-0.1, -0.05) is 32.1 Å². The van der Waals surface area contributed by atoms with Crippen molar-refractivity contribution in [1.29, 1.82) is 0 Å². The Balaban J connectivity index is 0.00000144. The Labute approximate surface area is 86.1 Å². The molecule has 0 saturated heterocycles. The fraction of sp³-hybridized carbons (Fsp3) is 0.889. The minimum Gasteiger partial charge on any atom is -0.480 e. The van der Waals surface area contributed by atoms with Gasteiger partial charge in [0.1, 0.15) is 6.04 Å². The molecule has 1 aliphatic carbocycles. The molecule has 1 rings (SSSR count). The maximum absolute atomic E-state index is 10.4. The van der Waals surface area contributed by atoms with Crippen molar-refractivity contribution in [1.82, 2.24) is 0 Å².